The number of benzene rings is 2. The molecule has 1 unspecified atom stereocenters. The summed E-state index contributed by atoms with van der Waals surface area (Å²) in [7, 11) is 0. The first kappa shape index (κ1) is 18.9. The number of aliphatic hydroxyl groups is 1. The molecule has 134 valence electrons. The Morgan fingerprint density at radius 3 is 2.52 bits per heavy atom. The third kappa shape index (κ3) is 5.83. The number of nitrogens with one attached hydrogen (secondary N) is 2. The molecule has 2 aromatic carbocycles. The van der Waals surface area contributed by atoms with Gasteiger partial charge >= 0.3 is 0 Å². The Labute approximate surface area is 146 Å². The van der Waals surface area contributed by atoms with E-state index in [2.05, 4.69) is 15.6 Å². The number of hydrogen-bond donors (Lipinski definition) is 3. The first-order chi connectivity index (χ1) is 12.0. The van der Waals surface area contributed by atoms with E-state index in [9.17, 15) is 13.9 Å². The maximum atomic E-state index is 13.7. The molecule has 0 bridgehead atoms. The zero-order valence-corrected chi connectivity index (χ0v) is 14.4. The fourth-order valence-corrected chi connectivity index (χ4v) is 2.27. The molecule has 0 aliphatic heterocycles. The van der Waals surface area contributed by atoms with Crippen LogP contribution < -0.4 is 10.6 Å². The van der Waals surface area contributed by atoms with Crippen LogP contribution in [0.2, 0.25) is 0 Å². The molecule has 25 heavy (non-hydrogen) atoms. The highest BCUT2D eigenvalue weighted by atomic mass is 19.1. The largest absolute Gasteiger partial charge is 0.387 e. The average molecular weight is 347 g/mol. The molecule has 1 atom stereocenters. The number of halogens is 2. The van der Waals surface area contributed by atoms with Gasteiger partial charge in [-0.05, 0) is 37.6 Å². The van der Waals surface area contributed by atoms with Gasteiger partial charge in [-0.1, -0.05) is 29.8 Å². The summed E-state index contributed by atoms with van der Waals surface area (Å²) in [6.45, 7) is 4.74. The minimum Gasteiger partial charge on any atom is -0.387 e. The van der Waals surface area contributed by atoms with Crippen molar-refractivity contribution in [1.82, 2.24) is 10.6 Å². The summed E-state index contributed by atoms with van der Waals surface area (Å²) in [5, 5.41) is 16.3. The van der Waals surface area contributed by atoms with Crippen LogP contribution in [0.5, 0.6) is 0 Å². The summed E-state index contributed by atoms with van der Waals surface area (Å²) in [6.07, 6.45) is -0.699. The number of guanidine groups is 1. The smallest absolute Gasteiger partial charge is 0.191 e. The molecular weight excluding hydrogens is 324 g/mol. The molecule has 2 rings (SSSR count). The van der Waals surface area contributed by atoms with Gasteiger partial charge in [0.15, 0.2) is 5.96 Å². The van der Waals surface area contributed by atoms with Gasteiger partial charge < -0.3 is 15.7 Å². The van der Waals surface area contributed by atoms with Crippen molar-refractivity contribution < 1.29 is 13.9 Å². The van der Waals surface area contributed by atoms with E-state index in [4.69, 9.17) is 0 Å². The van der Waals surface area contributed by atoms with E-state index >= 15 is 0 Å². The molecule has 0 fully saturated rings. The van der Waals surface area contributed by atoms with Crippen LogP contribution in [0.4, 0.5) is 8.78 Å². The lowest BCUT2D eigenvalue weighted by atomic mass is 10.1. The topological polar surface area (TPSA) is 56.7 Å². The highest BCUT2D eigenvalue weighted by Gasteiger charge is 2.09. The van der Waals surface area contributed by atoms with Crippen LogP contribution >= 0.6 is 0 Å². The average Bonchev–Trinajstić information content (AvgIpc) is 2.60. The van der Waals surface area contributed by atoms with Crippen molar-refractivity contribution in [2.75, 3.05) is 13.1 Å². The van der Waals surface area contributed by atoms with Gasteiger partial charge in [-0.15, -0.1) is 0 Å². The van der Waals surface area contributed by atoms with Crippen LogP contribution in [0.15, 0.2) is 47.5 Å². The lowest BCUT2D eigenvalue weighted by Gasteiger charge is -2.16. The Kier molecular flexibility index (Phi) is 6.89. The van der Waals surface area contributed by atoms with Crippen LogP contribution in [-0.2, 0) is 6.54 Å². The molecule has 0 radical (unpaired) electrons. The van der Waals surface area contributed by atoms with Crippen molar-refractivity contribution in [3.63, 3.8) is 0 Å². The van der Waals surface area contributed by atoms with Crippen molar-refractivity contribution in [3.05, 3.63) is 70.8 Å². The molecule has 0 saturated heterocycles. The molecule has 0 aliphatic rings. The Bertz CT molecular complexity index is 717. The fourth-order valence-electron chi connectivity index (χ4n) is 2.27. The van der Waals surface area contributed by atoms with E-state index in [1.807, 2.05) is 38.1 Å². The summed E-state index contributed by atoms with van der Waals surface area (Å²) in [5.41, 5.74) is 2.09. The summed E-state index contributed by atoms with van der Waals surface area (Å²) in [6, 6.07) is 10.9. The van der Waals surface area contributed by atoms with Gasteiger partial charge in [0, 0.05) is 18.7 Å². The number of aliphatic hydroxyl groups excluding tert-OH is 1. The molecule has 0 saturated carbocycles. The van der Waals surface area contributed by atoms with Crippen molar-refractivity contribution >= 4 is 5.96 Å². The van der Waals surface area contributed by atoms with E-state index in [1.165, 1.54) is 0 Å². The van der Waals surface area contributed by atoms with Gasteiger partial charge in [0.25, 0.3) is 0 Å². The first-order valence-corrected chi connectivity index (χ1v) is 8.20. The summed E-state index contributed by atoms with van der Waals surface area (Å²) >= 11 is 0. The maximum Gasteiger partial charge on any atom is 0.191 e. The monoisotopic (exact) mass is 347 g/mol. The third-order valence-corrected chi connectivity index (χ3v) is 3.68. The van der Waals surface area contributed by atoms with Crippen molar-refractivity contribution in [2.24, 2.45) is 4.99 Å². The Balaban J connectivity index is 1.99. The molecule has 0 spiro atoms. The summed E-state index contributed by atoms with van der Waals surface area (Å²) in [5.74, 6) is -0.572. The molecule has 3 N–H and O–H groups in total. The highest BCUT2D eigenvalue weighted by Crippen LogP contribution is 2.13. The molecule has 0 aliphatic carbocycles. The van der Waals surface area contributed by atoms with Crippen molar-refractivity contribution in [3.8, 4) is 0 Å². The third-order valence-electron chi connectivity index (χ3n) is 3.68. The van der Waals surface area contributed by atoms with Gasteiger partial charge in [0.1, 0.15) is 11.6 Å². The van der Waals surface area contributed by atoms with Gasteiger partial charge in [0.05, 0.1) is 12.6 Å². The minimum absolute atomic E-state index is 0.000443. The molecule has 4 nitrogen and oxygen atoms in total. The maximum absolute atomic E-state index is 13.7. The van der Waals surface area contributed by atoms with E-state index in [0.717, 1.165) is 29.3 Å². The lowest BCUT2D eigenvalue weighted by Crippen LogP contribution is -2.39. The second kappa shape index (κ2) is 9.13. The van der Waals surface area contributed by atoms with Gasteiger partial charge in [-0.3, -0.25) is 0 Å². The second-order valence-electron chi connectivity index (χ2n) is 5.74. The summed E-state index contributed by atoms with van der Waals surface area (Å²) < 4.78 is 26.9. The molecule has 6 heteroatoms. The first-order valence-electron chi connectivity index (χ1n) is 8.20. The van der Waals surface area contributed by atoms with Crippen molar-refractivity contribution in [1.29, 1.82) is 0 Å². The second-order valence-corrected chi connectivity index (χ2v) is 5.74. The lowest BCUT2D eigenvalue weighted by molar-refractivity contribution is 0.181. The number of hydrogen-bond acceptors (Lipinski definition) is 2. The van der Waals surface area contributed by atoms with Crippen LogP contribution in [0, 0.1) is 18.6 Å². The van der Waals surface area contributed by atoms with Crippen LogP contribution in [0.3, 0.4) is 0 Å². The van der Waals surface area contributed by atoms with E-state index < -0.39 is 17.7 Å². The normalized spacial score (nSPS) is 12.8. The Morgan fingerprint density at radius 2 is 1.84 bits per heavy atom. The van der Waals surface area contributed by atoms with Crippen LogP contribution in [-0.4, -0.2) is 24.2 Å². The molecular formula is C19H23F2N3O. The van der Waals surface area contributed by atoms with E-state index in [1.54, 1.807) is 0 Å². The number of aliphatic imine (C=N–C) groups is 1. The number of nitrogens with zero attached hydrogens (tertiary/aromatic N) is 1. The highest BCUT2D eigenvalue weighted by molar-refractivity contribution is 5.79. The molecule has 2 aromatic rings. The fraction of sp³-hybridized carbons (Fsp3) is 0.316. The zero-order valence-electron chi connectivity index (χ0n) is 14.4. The van der Waals surface area contributed by atoms with E-state index in [-0.39, 0.29) is 18.7 Å². The zero-order chi connectivity index (χ0) is 18.2. The number of rotatable bonds is 6. The van der Waals surface area contributed by atoms with Crippen molar-refractivity contribution in [2.45, 2.75) is 26.5 Å². The molecule has 0 aromatic heterocycles. The molecule has 0 heterocycles. The van der Waals surface area contributed by atoms with Crippen LogP contribution in [0.25, 0.3) is 0 Å². The predicted octanol–water partition coefficient (Wildman–Crippen LogP) is 3.06. The summed E-state index contributed by atoms with van der Waals surface area (Å²) in [4.78, 5) is 4.24. The minimum atomic E-state index is -0.699. The SMILES string of the molecule is CCNC(=NCc1cc(F)ccc1F)NCC(O)c1ccc(C)cc1. The van der Waals surface area contributed by atoms with Gasteiger partial charge in [-0.2, -0.15) is 0 Å². The standard InChI is InChI=1S/C19H23F2N3O/c1-3-22-19(23-11-15-10-16(20)8-9-17(15)21)24-12-18(25)14-6-4-13(2)5-7-14/h4-10,18,25H,3,11-12H2,1-2H3,(H2,22,23,24). The predicted molar refractivity (Wildman–Crippen MR) is 95.3 cm³/mol. The molecule has 0 amide bonds. The Morgan fingerprint density at radius 1 is 1.12 bits per heavy atom. The van der Waals surface area contributed by atoms with Gasteiger partial charge in [-0.25, -0.2) is 13.8 Å². The van der Waals surface area contributed by atoms with Gasteiger partial charge in [0.2, 0.25) is 0 Å². The van der Waals surface area contributed by atoms with Crippen LogP contribution in [0.1, 0.15) is 29.7 Å². The Hall–Kier alpha value is -2.47. The number of aryl methyl sites for hydroxylation is 1. The van der Waals surface area contributed by atoms with E-state index in [0.29, 0.717) is 12.5 Å². The quantitative estimate of drug-likeness (QED) is 0.556.